The second-order valence-electron chi connectivity index (χ2n) is 5.30. The van der Waals surface area contributed by atoms with Gasteiger partial charge in [-0.15, -0.1) is 5.10 Å². The number of tetrazole rings is 1. The second-order valence-corrected chi connectivity index (χ2v) is 5.30. The molecule has 0 amide bonds. The molecule has 1 fully saturated rings. The Hall–Kier alpha value is -2.02. The Labute approximate surface area is 115 Å². The van der Waals surface area contributed by atoms with Crippen molar-refractivity contribution in [1.82, 2.24) is 20.2 Å². The van der Waals surface area contributed by atoms with Gasteiger partial charge < -0.3 is 10.5 Å². The normalized spacial score (nSPS) is 18.1. The van der Waals surface area contributed by atoms with Gasteiger partial charge in [-0.2, -0.15) is 0 Å². The molecule has 0 radical (unpaired) electrons. The van der Waals surface area contributed by atoms with Crippen LogP contribution in [0.3, 0.4) is 0 Å². The maximum absolute atomic E-state index is 13.5. The van der Waals surface area contributed by atoms with Gasteiger partial charge in [-0.3, -0.25) is 0 Å². The van der Waals surface area contributed by atoms with Crippen LogP contribution in [0.25, 0.3) is 11.4 Å². The van der Waals surface area contributed by atoms with E-state index in [4.69, 9.17) is 10.5 Å². The number of halogens is 1. The van der Waals surface area contributed by atoms with Crippen LogP contribution in [0.4, 0.5) is 10.1 Å². The summed E-state index contributed by atoms with van der Waals surface area (Å²) in [6, 6.07) is 4.34. The molecule has 7 heteroatoms. The zero-order valence-corrected chi connectivity index (χ0v) is 11.2. The Morgan fingerprint density at radius 2 is 2.05 bits per heavy atom. The van der Waals surface area contributed by atoms with Crippen LogP contribution < -0.4 is 5.73 Å². The van der Waals surface area contributed by atoms with Crippen LogP contribution in [0.15, 0.2) is 18.2 Å². The minimum Gasteiger partial charge on any atom is -0.399 e. The summed E-state index contributed by atoms with van der Waals surface area (Å²) >= 11 is 0. The number of hydrogen-bond acceptors (Lipinski definition) is 5. The number of ether oxygens (including phenoxy) is 1. The maximum atomic E-state index is 13.5. The molecule has 0 spiro atoms. The summed E-state index contributed by atoms with van der Waals surface area (Å²) in [4.78, 5) is 0. The van der Waals surface area contributed by atoms with Crippen molar-refractivity contribution in [3.8, 4) is 11.4 Å². The number of aromatic nitrogens is 4. The fourth-order valence-corrected chi connectivity index (χ4v) is 2.50. The van der Waals surface area contributed by atoms with Crippen LogP contribution in [0.1, 0.15) is 19.8 Å². The summed E-state index contributed by atoms with van der Waals surface area (Å²) in [5.74, 6) is 0.132. The van der Waals surface area contributed by atoms with Crippen LogP contribution in [0, 0.1) is 5.82 Å². The van der Waals surface area contributed by atoms with Crippen LogP contribution in [-0.4, -0.2) is 33.4 Å². The Morgan fingerprint density at radius 3 is 2.75 bits per heavy atom. The Kier molecular flexibility index (Phi) is 3.13. The van der Waals surface area contributed by atoms with Gasteiger partial charge in [-0.25, -0.2) is 9.07 Å². The highest BCUT2D eigenvalue weighted by molar-refractivity contribution is 5.61. The average molecular weight is 277 g/mol. The molecule has 1 aromatic carbocycles. The molecule has 0 unspecified atom stereocenters. The van der Waals surface area contributed by atoms with Crippen molar-refractivity contribution < 1.29 is 9.13 Å². The molecule has 1 aliphatic rings. The molecule has 0 aliphatic carbocycles. The standard InChI is InChI=1S/C13H16FN5O/c1-13(2-4-20-5-3-13)19-12(16-17-18-19)9-6-10(14)8-11(15)7-9/h6-8H,2-5,15H2,1H3. The van der Waals surface area contributed by atoms with Gasteiger partial charge in [-0.1, -0.05) is 0 Å². The van der Waals surface area contributed by atoms with Crippen molar-refractivity contribution in [2.24, 2.45) is 0 Å². The van der Waals surface area contributed by atoms with Crippen molar-refractivity contribution in [3.05, 3.63) is 24.0 Å². The Morgan fingerprint density at radius 1 is 1.30 bits per heavy atom. The molecule has 0 saturated carbocycles. The molecule has 0 atom stereocenters. The SMILES string of the molecule is CC1(n2nnnc2-c2cc(N)cc(F)c2)CCOCC1. The predicted octanol–water partition coefficient (Wildman–Crippen LogP) is 1.59. The van der Waals surface area contributed by atoms with Gasteiger partial charge in [0.15, 0.2) is 5.82 Å². The molecule has 1 saturated heterocycles. The lowest BCUT2D eigenvalue weighted by Crippen LogP contribution is -2.38. The molecule has 2 N–H and O–H groups in total. The van der Waals surface area contributed by atoms with E-state index in [1.165, 1.54) is 12.1 Å². The second kappa shape index (κ2) is 4.82. The van der Waals surface area contributed by atoms with E-state index in [1.54, 1.807) is 10.7 Å². The quantitative estimate of drug-likeness (QED) is 0.843. The topological polar surface area (TPSA) is 78.9 Å². The largest absolute Gasteiger partial charge is 0.399 e. The van der Waals surface area contributed by atoms with Crippen molar-refractivity contribution >= 4 is 5.69 Å². The van der Waals surface area contributed by atoms with Crippen LogP contribution in [-0.2, 0) is 10.3 Å². The summed E-state index contributed by atoms with van der Waals surface area (Å²) in [5.41, 5.74) is 6.40. The molecule has 2 aromatic rings. The van der Waals surface area contributed by atoms with Crippen LogP contribution >= 0.6 is 0 Å². The lowest BCUT2D eigenvalue weighted by molar-refractivity contribution is 0.0240. The predicted molar refractivity (Wildman–Crippen MR) is 71.3 cm³/mol. The van der Waals surface area contributed by atoms with Gasteiger partial charge in [0.2, 0.25) is 0 Å². The maximum Gasteiger partial charge on any atom is 0.182 e. The van der Waals surface area contributed by atoms with E-state index in [-0.39, 0.29) is 5.54 Å². The van der Waals surface area contributed by atoms with E-state index in [2.05, 4.69) is 22.4 Å². The number of rotatable bonds is 2. The first-order valence-electron chi connectivity index (χ1n) is 6.51. The first-order chi connectivity index (χ1) is 9.58. The lowest BCUT2D eigenvalue weighted by atomic mass is 9.92. The van der Waals surface area contributed by atoms with Gasteiger partial charge in [0.25, 0.3) is 0 Å². The number of nitrogens with two attached hydrogens (primary N) is 1. The highest BCUT2D eigenvalue weighted by Crippen LogP contribution is 2.32. The van der Waals surface area contributed by atoms with Crippen molar-refractivity contribution in [3.63, 3.8) is 0 Å². The third kappa shape index (κ3) is 2.24. The summed E-state index contributed by atoms with van der Waals surface area (Å²) < 4.78 is 20.6. The van der Waals surface area contributed by atoms with E-state index in [9.17, 15) is 4.39 Å². The Balaban J connectivity index is 2.05. The summed E-state index contributed by atoms with van der Waals surface area (Å²) in [6.45, 7) is 3.42. The smallest absolute Gasteiger partial charge is 0.182 e. The third-order valence-corrected chi connectivity index (χ3v) is 3.73. The molecule has 0 bridgehead atoms. The zero-order chi connectivity index (χ0) is 14.2. The van der Waals surface area contributed by atoms with E-state index in [0.717, 1.165) is 12.8 Å². The first kappa shape index (κ1) is 13.0. The summed E-state index contributed by atoms with van der Waals surface area (Å²) in [5, 5.41) is 11.8. The minimum absolute atomic E-state index is 0.224. The summed E-state index contributed by atoms with van der Waals surface area (Å²) in [7, 11) is 0. The van der Waals surface area contributed by atoms with E-state index in [1.807, 2.05) is 0 Å². The number of hydrogen-bond donors (Lipinski definition) is 1. The molecular weight excluding hydrogens is 261 g/mol. The van der Waals surface area contributed by atoms with Crippen LogP contribution in [0.2, 0.25) is 0 Å². The monoisotopic (exact) mass is 277 g/mol. The van der Waals surface area contributed by atoms with Crippen LogP contribution in [0.5, 0.6) is 0 Å². The van der Waals surface area contributed by atoms with Crippen molar-refractivity contribution in [2.75, 3.05) is 18.9 Å². The highest BCUT2D eigenvalue weighted by Gasteiger charge is 2.33. The molecular formula is C13H16FN5O. The van der Waals surface area contributed by atoms with Gasteiger partial charge in [-0.05, 0) is 48.4 Å². The van der Waals surface area contributed by atoms with E-state index in [0.29, 0.717) is 30.3 Å². The number of benzene rings is 1. The minimum atomic E-state index is -0.397. The highest BCUT2D eigenvalue weighted by atomic mass is 19.1. The molecule has 3 rings (SSSR count). The van der Waals surface area contributed by atoms with Gasteiger partial charge >= 0.3 is 0 Å². The molecule has 20 heavy (non-hydrogen) atoms. The van der Waals surface area contributed by atoms with E-state index >= 15 is 0 Å². The molecule has 2 heterocycles. The number of anilines is 1. The van der Waals surface area contributed by atoms with Gasteiger partial charge in [0.05, 0.1) is 5.54 Å². The zero-order valence-electron chi connectivity index (χ0n) is 11.2. The number of nitrogens with zero attached hydrogens (tertiary/aromatic N) is 4. The van der Waals surface area contributed by atoms with Gasteiger partial charge in [0, 0.05) is 24.5 Å². The molecule has 6 nitrogen and oxygen atoms in total. The molecule has 106 valence electrons. The fourth-order valence-electron chi connectivity index (χ4n) is 2.50. The number of nitrogen functional groups attached to an aromatic ring is 1. The van der Waals surface area contributed by atoms with Gasteiger partial charge in [0.1, 0.15) is 5.82 Å². The lowest BCUT2D eigenvalue weighted by Gasteiger charge is -2.33. The third-order valence-electron chi connectivity index (χ3n) is 3.73. The van der Waals surface area contributed by atoms with Crippen molar-refractivity contribution in [2.45, 2.75) is 25.3 Å². The summed E-state index contributed by atoms with van der Waals surface area (Å²) in [6.07, 6.45) is 1.63. The average Bonchev–Trinajstić information content (AvgIpc) is 2.88. The molecule has 1 aromatic heterocycles. The first-order valence-corrected chi connectivity index (χ1v) is 6.51. The Bertz CT molecular complexity index is 601. The molecule has 1 aliphatic heterocycles. The van der Waals surface area contributed by atoms with E-state index < -0.39 is 5.82 Å². The van der Waals surface area contributed by atoms with Crippen molar-refractivity contribution in [1.29, 1.82) is 0 Å². The fraction of sp³-hybridized carbons (Fsp3) is 0.462.